The molecule has 0 saturated carbocycles. The maximum atomic E-state index is 14.2. The number of nitrogens with zero attached hydrogens (tertiary/aromatic N) is 2. The molecule has 0 fully saturated rings. The number of halogens is 2. The lowest BCUT2D eigenvalue weighted by Gasteiger charge is -2.26. The number of rotatable bonds is 16. The van der Waals surface area contributed by atoms with Gasteiger partial charge in [-0.2, -0.15) is 0 Å². The van der Waals surface area contributed by atoms with Crippen LogP contribution in [0.5, 0.6) is 5.88 Å². The maximum Gasteiger partial charge on any atom is 0.336 e. The first-order valence-electron chi connectivity index (χ1n) is 16.3. The molecule has 4 aromatic rings. The molecule has 5 N–H and O–H groups in total. The van der Waals surface area contributed by atoms with Gasteiger partial charge in [0.2, 0.25) is 0 Å². The number of hydrogen-bond donors (Lipinski definition) is 4. The van der Waals surface area contributed by atoms with Crippen molar-refractivity contribution in [2.45, 2.75) is 71.9 Å². The highest BCUT2D eigenvalue weighted by Crippen LogP contribution is 2.41. The normalized spacial score (nSPS) is 12.6. The van der Waals surface area contributed by atoms with Crippen LogP contribution in [0.4, 0.5) is 8.78 Å². The summed E-state index contributed by atoms with van der Waals surface area (Å²) in [6.07, 6.45) is 2.25. The second-order valence-corrected chi connectivity index (χ2v) is 12.1. The molecule has 0 aliphatic carbocycles. The number of carboxylic acid groups (broad SMARTS) is 1. The Kier molecular flexibility index (Phi) is 12.4. The molecule has 11 heteroatoms. The Labute approximate surface area is 279 Å². The van der Waals surface area contributed by atoms with Crippen molar-refractivity contribution in [3.8, 4) is 17.2 Å². The van der Waals surface area contributed by atoms with Crippen molar-refractivity contribution in [2.24, 2.45) is 5.73 Å². The summed E-state index contributed by atoms with van der Waals surface area (Å²) in [5, 5.41) is 28.7. The molecule has 0 radical (unpaired) electrons. The number of aromatic hydroxyl groups is 1. The average Bonchev–Trinajstić information content (AvgIpc) is 3.41. The molecule has 9 nitrogen and oxygen atoms in total. The topological polar surface area (TPSA) is 142 Å². The summed E-state index contributed by atoms with van der Waals surface area (Å²) in [6.45, 7) is 9.15. The van der Waals surface area contributed by atoms with Crippen LogP contribution < -0.4 is 11.1 Å². The van der Waals surface area contributed by atoms with E-state index in [1.807, 2.05) is 32.0 Å². The van der Waals surface area contributed by atoms with E-state index in [1.54, 1.807) is 17.9 Å². The first kappa shape index (κ1) is 36.2. The molecule has 1 heterocycles. The first-order valence-corrected chi connectivity index (χ1v) is 16.3. The van der Waals surface area contributed by atoms with Crippen LogP contribution in [0.3, 0.4) is 0 Å². The van der Waals surface area contributed by atoms with Crippen molar-refractivity contribution >= 4 is 11.9 Å². The quantitative estimate of drug-likeness (QED) is 0.105. The highest BCUT2D eigenvalue weighted by Gasteiger charge is 2.35. The lowest BCUT2D eigenvalue weighted by molar-refractivity contribution is 0.0697. The van der Waals surface area contributed by atoms with Crippen LogP contribution in [0.15, 0.2) is 59.1 Å². The lowest BCUT2D eigenvalue weighted by atomic mass is 9.84. The number of nitrogens with two attached hydrogens (primary N) is 1. The highest BCUT2D eigenvalue weighted by molar-refractivity contribution is 6.07. The van der Waals surface area contributed by atoms with Crippen molar-refractivity contribution in [2.75, 3.05) is 19.6 Å². The number of aromatic nitrogens is 1. The molecule has 3 aromatic carbocycles. The summed E-state index contributed by atoms with van der Waals surface area (Å²) in [5.41, 5.74) is 9.75. The minimum absolute atomic E-state index is 0.00264. The van der Waals surface area contributed by atoms with E-state index in [4.69, 9.17) is 10.3 Å². The number of aryl methyl sites for hydroxylation is 2. The standard InChI is InChI=1S/C37H44F2N4O5/c1-5-11-43(12-6-2)36(45)28-13-22(4)14-29(37(46)47)32(28)34-33(35(44)42-48-34)30(21-41-20-24-10-8-9-23(7-3)15-24)31(40)18-25-16-26(38)19-27(39)17-25/h8-10,13-17,19,30-31,41H,5-7,11-12,18,20-21,40H2,1-4H3,(H,42,44)(H,46,47)/t30-,31+/m1/s1. The molecule has 0 bridgehead atoms. The van der Waals surface area contributed by atoms with Gasteiger partial charge in [0.05, 0.1) is 16.7 Å². The maximum absolute atomic E-state index is 14.2. The summed E-state index contributed by atoms with van der Waals surface area (Å²) in [4.78, 5) is 28.4. The van der Waals surface area contributed by atoms with Crippen molar-refractivity contribution in [1.29, 1.82) is 0 Å². The average molecular weight is 663 g/mol. The van der Waals surface area contributed by atoms with Crippen LogP contribution in [0.25, 0.3) is 11.3 Å². The molecular formula is C37H44F2N4O5. The van der Waals surface area contributed by atoms with Crippen molar-refractivity contribution in [1.82, 2.24) is 15.4 Å². The van der Waals surface area contributed by atoms with Gasteiger partial charge in [0.1, 0.15) is 11.6 Å². The van der Waals surface area contributed by atoms with E-state index in [2.05, 4.69) is 23.5 Å². The number of nitrogens with one attached hydrogen (secondary N) is 1. The number of benzene rings is 3. The number of aromatic carboxylic acids is 1. The van der Waals surface area contributed by atoms with Gasteiger partial charge in [-0.15, -0.1) is 0 Å². The molecule has 0 aliphatic rings. The van der Waals surface area contributed by atoms with E-state index in [-0.39, 0.29) is 46.9 Å². The summed E-state index contributed by atoms with van der Waals surface area (Å²) in [5.74, 6) is -4.64. The van der Waals surface area contributed by atoms with Gasteiger partial charge >= 0.3 is 5.97 Å². The summed E-state index contributed by atoms with van der Waals surface area (Å²) >= 11 is 0. The Morgan fingerprint density at radius 2 is 1.60 bits per heavy atom. The highest BCUT2D eigenvalue weighted by atomic mass is 19.1. The largest absolute Gasteiger partial charge is 0.491 e. The number of carbonyl (C=O) groups is 2. The van der Waals surface area contributed by atoms with Gasteiger partial charge in [0.25, 0.3) is 11.8 Å². The van der Waals surface area contributed by atoms with Crippen LogP contribution >= 0.6 is 0 Å². The third kappa shape index (κ3) is 8.64. The fourth-order valence-electron chi connectivity index (χ4n) is 6.14. The predicted molar refractivity (Wildman–Crippen MR) is 180 cm³/mol. The van der Waals surface area contributed by atoms with Gasteiger partial charge in [-0.25, -0.2) is 13.6 Å². The van der Waals surface area contributed by atoms with E-state index in [9.17, 15) is 28.6 Å². The molecule has 48 heavy (non-hydrogen) atoms. The van der Waals surface area contributed by atoms with Gasteiger partial charge in [-0.05, 0) is 84.3 Å². The van der Waals surface area contributed by atoms with Gasteiger partial charge < -0.3 is 30.7 Å². The number of carbonyl (C=O) groups excluding carboxylic acids is 1. The number of carboxylic acids is 1. The van der Waals surface area contributed by atoms with Crippen molar-refractivity contribution in [3.05, 3.63) is 105 Å². The second-order valence-electron chi connectivity index (χ2n) is 12.1. The van der Waals surface area contributed by atoms with Crippen LogP contribution in [-0.4, -0.2) is 57.8 Å². The van der Waals surface area contributed by atoms with Gasteiger partial charge in [-0.3, -0.25) is 4.79 Å². The third-order valence-corrected chi connectivity index (χ3v) is 8.33. The SMILES string of the molecule is CCCN(CCC)C(=O)c1cc(C)cc(C(=O)O)c1-c1onc(O)c1[C@H](CNCc1cccc(CC)c1)[C@@H](N)Cc1cc(F)cc(F)c1. The molecule has 0 saturated heterocycles. The zero-order valence-corrected chi connectivity index (χ0v) is 27.9. The van der Waals surface area contributed by atoms with E-state index in [1.165, 1.54) is 18.2 Å². The molecular weight excluding hydrogens is 618 g/mol. The second kappa shape index (κ2) is 16.5. The minimum atomic E-state index is -1.30. The minimum Gasteiger partial charge on any atom is -0.491 e. The molecule has 4 rings (SSSR count). The zero-order valence-electron chi connectivity index (χ0n) is 27.9. The molecule has 2 atom stereocenters. The predicted octanol–water partition coefficient (Wildman–Crippen LogP) is 6.60. The fraction of sp³-hybridized carbons (Fsp3) is 0.378. The molecule has 0 unspecified atom stereocenters. The Balaban J connectivity index is 1.85. The third-order valence-electron chi connectivity index (χ3n) is 8.33. The number of hydrogen-bond acceptors (Lipinski definition) is 7. The summed E-state index contributed by atoms with van der Waals surface area (Å²) < 4.78 is 34.0. The van der Waals surface area contributed by atoms with Gasteiger partial charge in [-0.1, -0.05) is 45.0 Å². The van der Waals surface area contributed by atoms with E-state index >= 15 is 0 Å². The molecule has 0 aliphatic heterocycles. The fourth-order valence-corrected chi connectivity index (χ4v) is 6.14. The summed E-state index contributed by atoms with van der Waals surface area (Å²) in [7, 11) is 0. The van der Waals surface area contributed by atoms with Crippen LogP contribution in [0.1, 0.15) is 88.1 Å². The van der Waals surface area contributed by atoms with Crippen LogP contribution in [0, 0.1) is 18.6 Å². The van der Waals surface area contributed by atoms with Crippen LogP contribution in [0.2, 0.25) is 0 Å². The van der Waals surface area contributed by atoms with Crippen molar-refractivity contribution < 1.29 is 33.1 Å². The van der Waals surface area contributed by atoms with E-state index in [0.717, 1.165) is 23.6 Å². The Bertz CT molecular complexity index is 1710. The van der Waals surface area contributed by atoms with E-state index in [0.29, 0.717) is 43.6 Å². The molecule has 256 valence electrons. The molecule has 1 aromatic heterocycles. The van der Waals surface area contributed by atoms with Crippen LogP contribution in [-0.2, 0) is 19.4 Å². The monoisotopic (exact) mass is 662 g/mol. The Hall–Kier alpha value is -4.61. The Morgan fingerprint density at radius 3 is 2.23 bits per heavy atom. The van der Waals surface area contributed by atoms with Gasteiger partial charge in [0.15, 0.2) is 5.76 Å². The first-order chi connectivity index (χ1) is 23.0. The zero-order chi connectivity index (χ0) is 35.0. The van der Waals surface area contributed by atoms with Gasteiger partial charge in [0, 0.05) is 49.8 Å². The number of amides is 1. The molecule has 1 amide bonds. The molecule has 0 spiro atoms. The lowest BCUT2D eigenvalue weighted by Crippen LogP contribution is -2.37. The van der Waals surface area contributed by atoms with Crippen molar-refractivity contribution in [3.63, 3.8) is 0 Å². The van der Waals surface area contributed by atoms with E-state index < -0.39 is 35.4 Å². The Morgan fingerprint density at radius 1 is 0.958 bits per heavy atom. The smallest absolute Gasteiger partial charge is 0.336 e. The summed E-state index contributed by atoms with van der Waals surface area (Å²) in [6, 6.07) is 13.4.